The molecule has 0 aliphatic rings. The van der Waals surface area contributed by atoms with Gasteiger partial charge in [-0.25, -0.2) is 19.4 Å². The Hall–Kier alpha value is -6.16. The van der Waals surface area contributed by atoms with Gasteiger partial charge < -0.3 is 47.1 Å². The van der Waals surface area contributed by atoms with E-state index in [1.165, 1.54) is 18.6 Å². The number of imidazole rings is 1. The maximum Gasteiger partial charge on any atom is 0.490 e. The molecular formula is C24H25F6N7O10. The molecule has 23 heteroatoms. The molecule has 0 saturated heterocycles. The van der Waals surface area contributed by atoms with Gasteiger partial charge in [0, 0.05) is 24.4 Å². The Balaban J connectivity index is 0.00000126. The minimum absolute atomic E-state index is 0.132. The monoisotopic (exact) mass is 685 g/mol. The lowest BCUT2D eigenvalue weighted by atomic mass is 10.1. The number of carboxylic acid groups (broad SMARTS) is 4. The average molecular weight is 685 g/mol. The van der Waals surface area contributed by atoms with Crippen LogP contribution in [0.25, 0.3) is 6.08 Å². The zero-order chi connectivity index (χ0) is 36.5. The summed E-state index contributed by atoms with van der Waals surface area (Å²) in [6.07, 6.45) is -5.69. The number of nitrogens with two attached hydrogens (primary N) is 1. The van der Waals surface area contributed by atoms with Crippen LogP contribution in [0.5, 0.6) is 0 Å². The first-order valence-electron chi connectivity index (χ1n) is 12.0. The normalized spacial score (nSPS) is 12.1. The lowest BCUT2D eigenvalue weighted by Gasteiger charge is -2.19. The number of amides is 2. The van der Waals surface area contributed by atoms with Crippen LogP contribution in [0.3, 0.4) is 0 Å². The summed E-state index contributed by atoms with van der Waals surface area (Å²) in [7, 11) is 0. The van der Waals surface area contributed by atoms with Crippen LogP contribution in [0, 0.1) is 5.41 Å². The molecule has 0 radical (unpaired) electrons. The van der Waals surface area contributed by atoms with Crippen LogP contribution in [0.15, 0.2) is 42.9 Å². The minimum Gasteiger partial charge on any atom is -0.481 e. The van der Waals surface area contributed by atoms with Gasteiger partial charge in [0.2, 0.25) is 11.8 Å². The number of nitrogens with zero attached hydrogens (tertiary/aromatic N) is 1. The van der Waals surface area contributed by atoms with E-state index in [1.807, 2.05) is 0 Å². The molecule has 2 rings (SSSR count). The number of carbonyl (C=O) groups is 6. The van der Waals surface area contributed by atoms with E-state index >= 15 is 0 Å². The quantitative estimate of drug-likeness (QED) is 0.0677. The number of carbonyl (C=O) groups excluding carboxylic acids is 2. The zero-order valence-corrected chi connectivity index (χ0v) is 23.2. The number of rotatable bonds is 11. The molecule has 2 aromatic rings. The van der Waals surface area contributed by atoms with E-state index in [1.54, 1.807) is 24.3 Å². The fraction of sp³-hybridized carbons (Fsp3) is 0.250. The zero-order valence-electron chi connectivity index (χ0n) is 23.2. The van der Waals surface area contributed by atoms with Crippen LogP contribution in [0.4, 0.5) is 32.0 Å². The van der Waals surface area contributed by atoms with Gasteiger partial charge >= 0.3 is 36.2 Å². The van der Waals surface area contributed by atoms with Crippen molar-refractivity contribution in [3.8, 4) is 0 Å². The first kappa shape index (κ1) is 40.8. The van der Waals surface area contributed by atoms with Crippen LogP contribution in [-0.4, -0.2) is 96.5 Å². The molecule has 1 aromatic heterocycles. The summed E-state index contributed by atoms with van der Waals surface area (Å²) in [6, 6.07) is 3.68. The second kappa shape index (κ2) is 18.6. The van der Waals surface area contributed by atoms with Crippen molar-refractivity contribution >= 4 is 53.4 Å². The topological polar surface area (TPSA) is 298 Å². The second-order valence-corrected chi connectivity index (χ2v) is 8.42. The van der Waals surface area contributed by atoms with Gasteiger partial charge in [0.1, 0.15) is 12.1 Å². The number of halogens is 6. The van der Waals surface area contributed by atoms with Gasteiger partial charge in [0.15, 0.2) is 5.96 Å². The van der Waals surface area contributed by atoms with Crippen molar-refractivity contribution < 1.29 is 75.5 Å². The summed E-state index contributed by atoms with van der Waals surface area (Å²) in [5.74, 6) is -10.1. The third kappa shape index (κ3) is 18.3. The number of hydrogen-bond donors (Lipinski definition) is 10. The summed E-state index contributed by atoms with van der Waals surface area (Å²) in [4.78, 5) is 71.7. The van der Waals surface area contributed by atoms with Gasteiger partial charge in [-0.1, -0.05) is 12.1 Å². The third-order valence-corrected chi connectivity index (χ3v) is 4.70. The number of alkyl halides is 6. The third-order valence-electron chi connectivity index (χ3n) is 4.70. The van der Waals surface area contributed by atoms with E-state index < -0.39 is 66.5 Å². The van der Waals surface area contributed by atoms with Crippen LogP contribution >= 0.6 is 0 Å². The molecule has 258 valence electrons. The molecule has 47 heavy (non-hydrogen) atoms. The summed E-state index contributed by atoms with van der Waals surface area (Å²) in [5, 5.41) is 47.0. The average Bonchev–Trinajstić information content (AvgIpc) is 3.44. The Morgan fingerprint density at radius 2 is 1.40 bits per heavy atom. The van der Waals surface area contributed by atoms with E-state index in [-0.39, 0.29) is 12.4 Å². The van der Waals surface area contributed by atoms with Gasteiger partial charge in [-0.15, -0.1) is 0 Å². The van der Waals surface area contributed by atoms with Crippen molar-refractivity contribution in [2.75, 3.05) is 5.32 Å². The standard InChI is InChI=1S/C20H23N7O6.2C2HF3O2/c21-20(22)25-12-4-1-11(2-5-12)3-6-16(28)26-14(8-17(29)30)18(31)27-15(19(32)33)7-13-9-23-10-24-13;2*3-2(4,5)1(6)7/h1-6,9-10,14-15H,7-8H2,(H,23,24)(H,26,28)(H,27,31)(H,29,30)(H,32,33)(H4,21,22,25);2*(H,6,7)/t14-,15-;;/m0../s1. The molecule has 0 spiro atoms. The highest BCUT2D eigenvalue weighted by atomic mass is 19.4. The molecular weight excluding hydrogens is 660 g/mol. The molecule has 17 nitrogen and oxygen atoms in total. The number of aromatic nitrogens is 2. The van der Waals surface area contributed by atoms with E-state index in [0.29, 0.717) is 16.9 Å². The first-order valence-corrected chi connectivity index (χ1v) is 12.0. The fourth-order valence-corrected chi connectivity index (χ4v) is 2.69. The Morgan fingerprint density at radius 1 is 0.894 bits per heavy atom. The lowest BCUT2D eigenvalue weighted by Crippen LogP contribution is -2.52. The van der Waals surface area contributed by atoms with Gasteiger partial charge in [0.25, 0.3) is 0 Å². The number of guanidine groups is 1. The van der Waals surface area contributed by atoms with E-state index in [0.717, 1.165) is 6.08 Å². The molecule has 0 unspecified atom stereocenters. The van der Waals surface area contributed by atoms with Crippen molar-refractivity contribution in [1.82, 2.24) is 20.6 Å². The molecule has 0 saturated carbocycles. The summed E-state index contributed by atoms with van der Waals surface area (Å²) >= 11 is 0. The number of benzene rings is 1. The molecule has 2 atom stereocenters. The number of nitrogens with one attached hydrogen (secondary N) is 5. The van der Waals surface area contributed by atoms with Crippen molar-refractivity contribution in [3.05, 3.63) is 54.1 Å². The van der Waals surface area contributed by atoms with E-state index in [9.17, 15) is 50.6 Å². The smallest absolute Gasteiger partial charge is 0.481 e. The van der Waals surface area contributed by atoms with E-state index in [2.05, 4.69) is 25.9 Å². The molecule has 11 N–H and O–H groups in total. The molecule has 2 amide bonds. The van der Waals surface area contributed by atoms with Gasteiger partial charge in [-0.3, -0.25) is 19.8 Å². The van der Waals surface area contributed by atoms with Gasteiger partial charge in [-0.05, 0) is 23.8 Å². The SMILES string of the molecule is N=C(N)Nc1ccc(C=CC(=O)N[C@@H](CC(=O)O)C(=O)N[C@@H](Cc2c[nH]cn2)C(=O)O)cc1.O=C(O)C(F)(F)F.O=C(O)C(F)(F)F. The van der Waals surface area contributed by atoms with Crippen LogP contribution < -0.4 is 21.7 Å². The number of H-pyrrole nitrogens is 1. The fourth-order valence-electron chi connectivity index (χ4n) is 2.69. The van der Waals surface area contributed by atoms with Crippen molar-refractivity contribution in [2.45, 2.75) is 37.3 Å². The maximum atomic E-state index is 12.5. The Labute approximate surface area is 258 Å². The van der Waals surface area contributed by atoms with Gasteiger partial charge in [-0.2, -0.15) is 26.3 Å². The van der Waals surface area contributed by atoms with Gasteiger partial charge in [0.05, 0.1) is 18.4 Å². The first-order chi connectivity index (χ1) is 21.5. The molecule has 0 aliphatic carbocycles. The highest BCUT2D eigenvalue weighted by Crippen LogP contribution is 2.14. The lowest BCUT2D eigenvalue weighted by molar-refractivity contribution is -0.193. The molecule has 1 aromatic carbocycles. The highest BCUT2D eigenvalue weighted by molar-refractivity contribution is 5.97. The Morgan fingerprint density at radius 3 is 1.79 bits per heavy atom. The van der Waals surface area contributed by atoms with Crippen molar-refractivity contribution in [3.63, 3.8) is 0 Å². The number of carboxylic acids is 4. The van der Waals surface area contributed by atoms with Crippen LogP contribution in [0.2, 0.25) is 0 Å². The molecule has 0 bridgehead atoms. The van der Waals surface area contributed by atoms with Crippen molar-refractivity contribution in [1.29, 1.82) is 5.41 Å². The number of hydrogen-bond acceptors (Lipinski definition) is 8. The van der Waals surface area contributed by atoms with Crippen LogP contribution in [-0.2, 0) is 35.2 Å². The summed E-state index contributed by atoms with van der Waals surface area (Å²) < 4.78 is 63.5. The molecule has 0 fully saturated rings. The maximum absolute atomic E-state index is 12.5. The largest absolute Gasteiger partial charge is 0.490 e. The predicted molar refractivity (Wildman–Crippen MR) is 144 cm³/mol. The summed E-state index contributed by atoms with van der Waals surface area (Å²) in [6.45, 7) is 0. The number of aromatic amines is 1. The van der Waals surface area contributed by atoms with Crippen molar-refractivity contribution in [2.24, 2.45) is 5.73 Å². The second-order valence-electron chi connectivity index (χ2n) is 8.42. The number of aliphatic carboxylic acids is 4. The summed E-state index contributed by atoms with van der Waals surface area (Å²) in [5.41, 5.74) is 6.81. The Bertz CT molecular complexity index is 1410. The minimum atomic E-state index is -5.08. The molecule has 0 aliphatic heterocycles. The van der Waals surface area contributed by atoms with Crippen LogP contribution in [0.1, 0.15) is 17.7 Å². The highest BCUT2D eigenvalue weighted by Gasteiger charge is 2.39. The Kier molecular flexibility index (Phi) is 16.2. The van der Waals surface area contributed by atoms with E-state index in [4.69, 9.17) is 36.1 Å². The number of anilines is 1. The predicted octanol–water partition coefficient (Wildman–Crippen LogP) is 0.766. The molecule has 1 heterocycles.